The molecule has 0 saturated carbocycles. The molecule has 0 saturated heterocycles. The Kier molecular flexibility index (Phi) is 79.3. The van der Waals surface area contributed by atoms with Gasteiger partial charge in [0.2, 0.25) is 0 Å². The quantitative estimate of drug-likeness (QED) is 0.0421. The van der Waals surface area contributed by atoms with Crippen molar-refractivity contribution in [2.45, 2.75) is 545 Å². The molecule has 0 heterocycles. The van der Waals surface area contributed by atoms with Gasteiger partial charge in [0.05, 0.1) is 0 Å². The Balaban J connectivity index is 0.000000810. The molecule has 3 aliphatic carbocycles. The third-order valence-corrected chi connectivity index (χ3v) is 26.9. The first-order valence-corrected chi connectivity index (χ1v) is 51.3. The Labute approximate surface area is 685 Å². The maximum atomic E-state index is 2.75. The zero-order valence-electron chi connectivity index (χ0n) is 76.8. The van der Waals surface area contributed by atoms with Crippen LogP contribution in [-0.4, -0.2) is 0 Å². The van der Waals surface area contributed by atoms with E-state index in [0.29, 0.717) is 0 Å². The van der Waals surface area contributed by atoms with Gasteiger partial charge < -0.3 is 0 Å². The first-order chi connectivity index (χ1) is 53.3. The molecule has 0 fully saturated rings. The van der Waals surface area contributed by atoms with Crippen LogP contribution in [0.2, 0.25) is 0 Å². The van der Waals surface area contributed by atoms with Gasteiger partial charge in [-0.1, -0.05) is 503 Å². The molecule has 0 nitrogen and oxygen atoms in total. The highest BCUT2D eigenvalue weighted by Gasteiger charge is 2.37. The van der Waals surface area contributed by atoms with Crippen molar-refractivity contribution in [3.63, 3.8) is 0 Å². The fourth-order valence-electron chi connectivity index (χ4n) is 19.8. The van der Waals surface area contributed by atoms with E-state index < -0.39 is 0 Å². The molecule has 0 aromatic heterocycles. The van der Waals surface area contributed by atoms with Crippen LogP contribution in [0.15, 0.2) is 72.9 Å². The van der Waals surface area contributed by atoms with Gasteiger partial charge in [0, 0.05) is 0 Å². The summed E-state index contributed by atoms with van der Waals surface area (Å²) in [4.78, 5) is 0. The summed E-state index contributed by atoms with van der Waals surface area (Å²) in [5.74, 6) is 10.5. The minimum Gasteiger partial charge on any atom is -0.0885 e. The summed E-state index contributed by atoms with van der Waals surface area (Å²) in [6.45, 7) is 28.0. The van der Waals surface area contributed by atoms with Gasteiger partial charge in [-0.15, -0.1) is 0 Å². The van der Waals surface area contributed by atoms with Crippen molar-refractivity contribution >= 4 is 0 Å². The third kappa shape index (κ3) is 57.5. The van der Waals surface area contributed by atoms with Crippen molar-refractivity contribution in [2.75, 3.05) is 0 Å². The van der Waals surface area contributed by atoms with Gasteiger partial charge in [0.15, 0.2) is 0 Å². The molecule has 0 heteroatoms. The lowest BCUT2D eigenvalue weighted by atomic mass is 9.64. The van der Waals surface area contributed by atoms with Gasteiger partial charge in [-0.2, -0.15) is 0 Å². The van der Waals surface area contributed by atoms with Crippen LogP contribution >= 0.6 is 0 Å². The standard InChI is InChI=1S/C36H70.C36H68.C36H66/c3*1-5-9-13-17-20-24-28-34-32-31-33(27-23-16-12-8-4)35(29-25-21-18-14-10-6-2)36(34)30-26-22-19-15-11-7-3/h31-36H,5-30H2,1-4H3;21,25,31-36H,5-20,22-24,26-30H2,1-4H3;21-22,25-26,31-36H,5-20,23-24,27-30H2,1-4H3. The normalized spacial score (nSPS) is 22.1. The van der Waals surface area contributed by atoms with Crippen molar-refractivity contribution in [2.24, 2.45) is 71.0 Å². The SMILES string of the molecule is CCCCCC=CCC1C(CCCCCC)C=CC(CCCCCCCC)C1CC=CCCCCC.CCCCCC=CCC1C(CCCCCC)C=CC(CCCCCCCC)C1CCCCCCCC.CCCCCCCCC1C=CC(CCCCCC)C(CCCCCCCC)C1CCCCCCCC. The summed E-state index contributed by atoms with van der Waals surface area (Å²) < 4.78 is 0. The average Bonchev–Trinajstić information content (AvgIpc) is 0.834. The van der Waals surface area contributed by atoms with Gasteiger partial charge in [0.1, 0.15) is 0 Å². The summed E-state index contributed by atoms with van der Waals surface area (Å²) in [6, 6.07) is 0. The van der Waals surface area contributed by atoms with Gasteiger partial charge in [0.25, 0.3) is 0 Å². The Morgan fingerprint density at radius 3 is 0.481 bits per heavy atom. The van der Waals surface area contributed by atoms with Crippen LogP contribution in [0.4, 0.5) is 0 Å². The van der Waals surface area contributed by atoms with Crippen molar-refractivity contribution in [1.29, 1.82) is 0 Å². The second-order valence-corrected chi connectivity index (χ2v) is 36.6. The Morgan fingerprint density at radius 1 is 0.139 bits per heavy atom. The predicted molar refractivity (Wildman–Crippen MR) is 497 cm³/mol. The Hall–Kier alpha value is -1.56. The van der Waals surface area contributed by atoms with E-state index in [9.17, 15) is 0 Å². The zero-order valence-corrected chi connectivity index (χ0v) is 76.8. The number of rotatable bonds is 75. The molecule has 636 valence electrons. The molecular weight excluding hydrogens is 1300 g/mol. The van der Waals surface area contributed by atoms with Gasteiger partial charge >= 0.3 is 0 Å². The van der Waals surface area contributed by atoms with E-state index in [1.165, 1.54) is 462 Å². The second kappa shape index (κ2) is 82.0. The minimum atomic E-state index is 0.793. The monoisotopic (exact) mass is 1500 g/mol. The first-order valence-electron chi connectivity index (χ1n) is 51.3. The molecule has 108 heavy (non-hydrogen) atoms. The topological polar surface area (TPSA) is 0 Å². The second-order valence-electron chi connectivity index (χ2n) is 36.6. The van der Waals surface area contributed by atoms with Crippen molar-refractivity contribution < 1.29 is 0 Å². The van der Waals surface area contributed by atoms with Gasteiger partial charge in [-0.05, 0) is 187 Å². The van der Waals surface area contributed by atoms with E-state index >= 15 is 0 Å². The van der Waals surface area contributed by atoms with Crippen LogP contribution in [0.1, 0.15) is 545 Å². The van der Waals surface area contributed by atoms with E-state index in [0.717, 1.165) is 71.0 Å². The van der Waals surface area contributed by atoms with Crippen LogP contribution in [0.5, 0.6) is 0 Å². The summed E-state index contributed by atoms with van der Waals surface area (Å²) in [6.07, 6.45) is 134. The molecule has 3 aliphatic rings. The van der Waals surface area contributed by atoms with Crippen LogP contribution in [0, 0.1) is 71.0 Å². The molecule has 12 unspecified atom stereocenters. The molecule has 0 spiro atoms. The molecule has 0 aromatic carbocycles. The third-order valence-electron chi connectivity index (χ3n) is 26.9. The smallest absolute Gasteiger partial charge is 0.0199 e. The van der Waals surface area contributed by atoms with Crippen LogP contribution in [-0.2, 0) is 0 Å². The zero-order chi connectivity index (χ0) is 78.3. The lowest BCUT2D eigenvalue weighted by Gasteiger charge is -2.41. The molecule has 0 bridgehead atoms. The highest BCUT2D eigenvalue weighted by Crippen LogP contribution is 2.47. The first kappa shape index (κ1) is 104. The molecular formula is C108H204. The van der Waals surface area contributed by atoms with Gasteiger partial charge in [-0.3, -0.25) is 0 Å². The largest absolute Gasteiger partial charge is 0.0885 e. The molecule has 0 radical (unpaired) electrons. The van der Waals surface area contributed by atoms with Crippen molar-refractivity contribution in [1.82, 2.24) is 0 Å². The van der Waals surface area contributed by atoms with Crippen molar-refractivity contribution in [3.05, 3.63) is 72.9 Å². The van der Waals surface area contributed by atoms with Gasteiger partial charge in [-0.25, -0.2) is 0 Å². The lowest BCUT2D eigenvalue weighted by molar-refractivity contribution is 0.145. The van der Waals surface area contributed by atoms with Crippen LogP contribution in [0.25, 0.3) is 0 Å². The molecule has 12 atom stereocenters. The Morgan fingerprint density at radius 2 is 0.278 bits per heavy atom. The molecule has 3 rings (SSSR count). The number of unbranched alkanes of at least 4 members (excludes halogenated alkanes) is 48. The molecule has 0 N–H and O–H groups in total. The summed E-state index contributed by atoms with van der Waals surface area (Å²) in [5.41, 5.74) is 0. The molecule has 0 aromatic rings. The van der Waals surface area contributed by atoms with Crippen LogP contribution in [0.3, 0.4) is 0 Å². The maximum absolute atomic E-state index is 2.75. The van der Waals surface area contributed by atoms with Crippen LogP contribution < -0.4 is 0 Å². The minimum absolute atomic E-state index is 0.793. The number of allylic oxidation sites excluding steroid dienone is 12. The lowest BCUT2D eigenvalue weighted by Crippen LogP contribution is -2.32. The number of hydrogen-bond acceptors (Lipinski definition) is 0. The fourth-order valence-corrected chi connectivity index (χ4v) is 19.8. The average molecular weight is 1500 g/mol. The fraction of sp³-hybridized carbons (Fsp3) is 0.889. The highest BCUT2D eigenvalue weighted by molar-refractivity contribution is 5.10. The summed E-state index contributed by atoms with van der Waals surface area (Å²) in [5, 5.41) is 0. The Bertz CT molecular complexity index is 1940. The predicted octanol–water partition coefficient (Wildman–Crippen LogP) is 39.1. The molecule has 0 aliphatic heterocycles. The van der Waals surface area contributed by atoms with E-state index in [-0.39, 0.29) is 0 Å². The summed E-state index contributed by atoms with van der Waals surface area (Å²) in [7, 11) is 0. The van der Waals surface area contributed by atoms with E-state index in [1.807, 2.05) is 0 Å². The van der Waals surface area contributed by atoms with E-state index in [1.54, 1.807) is 0 Å². The molecule has 0 amide bonds. The summed E-state index contributed by atoms with van der Waals surface area (Å²) >= 11 is 0. The highest BCUT2D eigenvalue weighted by atomic mass is 14.4. The van der Waals surface area contributed by atoms with E-state index in [4.69, 9.17) is 0 Å². The number of hydrogen-bond donors (Lipinski definition) is 0. The van der Waals surface area contributed by atoms with Crippen molar-refractivity contribution in [3.8, 4) is 0 Å². The van der Waals surface area contributed by atoms with E-state index in [2.05, 4.69) is 156 Å². The maximum Gasteiger partial charge on any atom is -0.0199 e.